The van der Waals surface area contributed by atoms with Crippen LogP contribution in [0.4, 0.5) is 0 Å². The molecule has 0 saturated carbocycles. The minimum atomic E-state index is -0.329. The Kier molecular flexibility index (Phi) is 5.16. The minimum Gasteiger partial charge on any atom is -0.458 e. The molecule has 0 aliphatic carbocycles. The van der Waals surface area contributed by atoms with Crippen molar-refractivity contribution in [3.8, 4) is 11.5 Å². The van der Waals surface area contributed by atoms with Crippen LogP contribution in [-0.2, 0) is 16.1 Å². The molecule has 21 heavy (non-hydrogen) atoms. The Morgan fingerprint density at radius 1 is 1.00 bits per heavy atom. The fourth-order valence-electron chi connectivity index (χ4n) is 1.76. The third kappa shape index (κ3) is 5.15. The van der Waals surface area contributed by atoms with Gasteiger partial charge in [-0.05, 0) is 43.7 Å². The van der Waals surface area contributed by atoms with Crippen molar-refractivity contribution >= 4 is 5.97 Å². The van der Waals surface area contributed by atoms with Crippen molar-refractivity contribution in [2.24, 2.45) is 0 Å². The highest BCUT2D eigenvalue weighted by Crippen LogP contribution is 2.22. The first-order chi connectivity index (χ1) is 10.1. The highest BCUT2D eigenvalue weighted by molar-refractivity contribution is 5.82. The highest BCUT2D eigenvalue weighted by atomic mass is 16.5. The SMILES string of the molecule is CC(C)=CC(=O)OCc1cccc(Oc2ccccc2)c1. The second-order valence-corrected chi connectivity index (χ2v) is 4.89. The molecule has 3 heteroatoms. The number of benzene rings is 2. The number of esters is 1. The average Bonchev–Trinajstić information content (AvgIpc) is 2.46. The first-order valence-electron chi connectivity index (χ1n) is 6.77. The molecule has 0 spiro atoms. The van der Waals surface area contributed by atoms with Crippen LogP contribution in [0.1, 0.15) is 19.4 Å². The van der Waals surface area contributed by atoms with Gasteiger partial charge in [-0.25, -0.2) is 4.79 Å². The quantitative estimate of drug-likeness (QED) is 0.599. The van der Waals surface area contributed by atoms with Gasteiger partial charge in [0.1, 0.15) is 18.1 Å². The molecule has 0 unspecified atom stereocenters. The lowest BCUT2D eigenvalue weighted by Crippen LogP contribution is -2.01. The maximum atomic E-state index is 11.5. The summed E-state index contributed by atoms with van der Waals surface area (Å²) >= 11 is 0. The van der Waals surface area contributed by atoms with Gasteiger partial charge in [0.25, 0.3) is 0 Å². The van der Waals surface area contributed by atoms with E-state index in [0.717, 1.165) is 22.6 Å². The zero-order valence-electron chi connectivity index (χ0n) is 12.2. The molecule has 2 aromatic carbocycles. The lowest BCUT2D eigenvalue weighted by Gasteiger charge is -2.08. The number of ether oxygens (including phenoxy) is 2. The normalized spacial score (nSPS) is 9.81. The number of carbonyl (C=O) groups excluding carboxylic acids is 1. The Hall–Kier alpha value is -2.55. The lowest BCUT2D eigenvalue weighted by atomic mass is 10.2. The Bertz CT molecular complexity index is 626. The Morgan fingerprint density at radius 3 is 2.43 bits per heavy atom. The molecule has 0 bridgehead atoms. The summed E-state index contributed by atoms with van der Waals surface area (Å²) in [5, 5.41) is 0. The van der Waals surface area contributed by atoms with E-state index < -0.39 is 0 Å². The molecule has 0 aliphatic heterocycles. The van der Waals surface area contributed by atoms with E-state index >= 15 is 0 Å². The first kappa shape index (κ1) is 14.9. The smallest absolute Gasteiger partial charge is 0.331 e. The summed E-state index contributed by atoms with van der Waals surface area (Å²) in [7, 11) is 0. The molecule has 3 nitrogen and oxygen atoms in total. The molecule has 2 aromatic rings. The second kappa shape index (κ2) is 7.29. The van der Waals surface area contributed by atoms with Crippen molar-refractivity contribution in [1.29, 1.82) is 0 Å². The van der Waals surface area contributed by atoms with Crippen molar-refractivity contribution in [3.63, 3.8) is 0 Å². The van der Waals surface area contributed by atoms with Gasteiger partial charge in [-0.2, -0.15) is 0 Å². The van der Waals surface area contributed by atoms with Gasteiger partial charge in [-0.3, -0.25) is 0 Å². The fourth-order valence-corrected chi connectivity index (χ4v) is 1.76. The molecule has 0 heterocycles. The van der Waals surface area contributed by atoms with E-state index in [1.54, 1.807) is 0 Å². The molecule has 0 N–H and O–H groups in total. The first-order valence-corrected chi connectivity index (χ1v) is 6.77. The van der Waals surface area contributed by atoms with Gasteiger partial charge in [0.15, 0.2) is 0 Å². The number of para-hydroxylation sites is 1. The summed E-state index contributed by atoms with van der Waals surface area (Å²) in [5.74, 6) is 1.16. The zero-order chi connectivity index (χ0) is 15.1. The monoisotopic (exact) mass is 282 g/mol. The van der Waals surface area contributed by atoms with E-state index in [-0.39, 0.29) is 12.6 Å². The number of allylic oxidation sites excluding steroid dienone is 1. The van der Waals surface area contributed by atoms with E-state index in [1.807, 2.05) is 68.4 Å². The predicted molar refractivity (Wildman–Crippen MR) is 82.2 cm³/mol. The predicted octanol–water partition coefficient (Wildman–Crippen LogP) is 4.49. The van der Waals surface area contributed by atoms with Gasteiger partial charge < -0.3 is 9.47 Å². The van der Waals surface area contributed by atoms with Crippen LogP contribution in [0.25, 0.3) is 0 Å². The van der Waals surface area contributed by atoms with Crippen molar-refractivity contribution in [2.45, 2.75) is 20.5 Å². The van der Waals surface area contributed by atoms with Gasteiger partial charge in [0, 0.05) is 6.08 Å². The summed E-state index contributed by atoms with van der Waals surface area (Å²) in [5.41, 5.74) is 1.81. The zero-order valence-corrected chi connectivity index (χ0v) is 12.2. The van der Waals surface area contributed by atoms with Crippen LogP contribution >= 0.6 is 0 Å². The van der Waals surface area contributed by atoms with E-state index in [0.29, 0.717) is 0 Å². The molecular formula is C18H18O3. The summed E-state index contributed by atoms with van der Waals surface area (Å²) in [4.78, 5) is 11.5. The highest BCUT2D eigenvalue weighted by Gasteiger charge is 2.02. The topological polar surface area (TPSA) is 35.5 Å². The standard InChI is InChI=1S/C18H18O3/c1-14(2)11-18(19)20-13-15-7-6-10-17(12-15)21-16-8-4-3-5-9-16/h3-12H,13H2,1-2H3. The summed E-state index contributed by atoms with van der Waals surface area (Å²) in [6, 6.07) is 17.1. The number of carbonyl (C=O) groups is 1. The molecule has 0 aliphatic rings. The van der Waals surface area contributed by atoms with Crippen molar-refractivity contribution < 1.29 is 14.3 Å². The van der Waals surface area contributed by atoms with Crippen molar-refractivity contribution in [3.05, 3.63) is 71.8 Å². The van der Waals surface area contributed by atoms with Crippen LogP contribution in [0.3, 0.4) is 0 Å². The third-order valence-corrected chi connectivity index (χ3v) is 2.66. The largest absolute Gasteiger partial charge is 0.458 e. The fraction of sp³-hybridized carbons (Fsp3) is 0.167. The molecule has 0 atom stereocenters. The van der Waals surface area contributed by atoms with Gasteiger partial charge in [-0.15, -0.1) is 0 Å². The van der Waals surface area contributed by atoms with Crippen LogP contribution in [0.5, 0.6) is 11.5 Å². The van der Waals surface area contributed by atoms with Crippen molar-refractivity contribution in [1.82, 2.24) is 0 Å². The van der Waals surface area contributed by atoms with Crippen LogP contribution in [0.2, 0.25) is 0 Å². The Balaban J connectivity index is 1.98. The molecule has 0 amide bonds. The van der Waals surface area contributed by atoms with E-state index in [4.69, 9.17) is 9.47 Å². The number of hydrogen-bond donors (Lipinski definition) is 0. The average molecular weight is 282 g/mol. The Morgan fingerprint density at radius 2 is 1.71 bits per heavy atom. The summed E-state index contributed by atoms with van der Waals surface area (Å²) in [6.07, 6.45) is 1.48. The van der Waals surface area contributed by atoms with Crippen LogP contribution in [0, 0.1) is 0 Å². The minimum absolute atomic E-state index is 0.231. The summed E-state index contributed by atoms with van der Waals surface area (Å²) < 4.78 is 10.9. The maximum absolute atomic E-state index is 11.5. The van der Waals surface area contributed by atoms with Gasteiger partial charge in [-0.1, -0.05) is 35.9 Å². The molecule has 0 aromatic heterocycles. The van der Waals surface area contributed by atoms with Gasteiger partial charge in [0.05, 0.1) is 0 Å². The van der Waals surface area contributed by atoms with Crippen LogP contribution in [-0.4, -0.2) is 5.97 Å². The van der Waals surface area contributed by atoms with E-state index in [1.165, 1.54) is 6.08 Å². The maximum Gasteiger partial charge on any atom is 0.331 e. The number of rotatable bonds is 5. The Labute approximate surface area is 124 Å². The van der Waals surface area contributed by atoms with Gasteiger partial charge in [0.2, 0.25) is 0 Å². The molecular weight excluding hydrogens is 264 g/mol. The molecule has 0 saturated heterocycles. The summed E-state index contributed by atoms with van der Waals surface area (Å²) in [6.45, 7) is 3.94. The van der Waals surface area contributed by atoms with Gasteiger partial charge >= 0.3 is 5.97 Å². The molecule has 0 fully saturated rings. The van der Waals surface area contributed by atoms with Crippen molar-refractivity contribution in [2.75, 3.05) is 0 Å². The second-order valence-electron chi connectivity index (χ2n) is 4.89. The lowest BCUT2D eigenvalue weighted by molar-refractivity contribution is -0.139. The molecule has 2 rings (SSSR count). The number of hydrogen-bond acceptors (Lipinski definition) is 3. The molecule has 108 valence electrons. The van der Waals surface area contributed by atoms with Crippen LogP contribution < -0.4 is 4.74 Å². The third-order valence-electron chi connectivity index (χ3n) is 2.66. The van der Waals surface area contributed by atoms with E-state index in [9.17, 15) is 4.79 Å². The van der Waals surface area contributed by atoms with E-state index in [2.05, 4.69) is 0 Å². The molecule has 0 radical (unpaired) electrons. The van der Waals surface area contributed by atoms with Crippen LogP contribution in [0.15, 0.2) is 66.2 Å².